The van der Waals surface area contributed by atoms with Crippen molar-refractivity contribution in [3.8, 4) is 16.9 Å². The Morgan fingerprint density at radius 3 is 2.17 bits per heavy atom. The molecule has 0 aliphatic rings. The van der Waals surface area contributed by atoms with Gasteiger partial charge in [0.15, 0.2) is 5.65 Å². The van der Waals surface area contributed by atoms with E-state index in [0.717, 1.165) is 38.7 Å². The molecule has 0 radical (unpaired) electrons. The zero-order valence-electron chi connectivity index (χ0n) is 24.8. The maximum Gasteiger partial charge on any atom is 0.386 e. The van der Waals surface area contributed by atoms with E-state index in [4.69, 9.17) is 10.5 Å². The molecule has 0 aliphatic carbocycles. The first-order valence-electron chi connectivity index (χ1n) is 13.4. The van der Waals surface area contributed by atoms with Gasteiger partial charge in [-0.15, -0.1) is 0 Å². The van der Waals surface area contributed by atoms with Crippen molar-refractivity contribution in [3.05, 3.63) is 72.4 Å². The van der Waals surface area contributed by atoms with E-state index in [-0.39, 0.29) is 12.6 Å². The van der Waals surface area contributed by atoms with Crippen molar-refractivity contribution in [2.45, 2.75) is 61.2 Å². The van der Waals surface area contributed by atoms with Crippen molar-refractivity contribution in [1.82, 2.24) is 24.7 Å². The molecular formula is C30H39F3N6O2. The van der Waals surface area contributed by atoms with Crippen LogP contribution in [0.3, 0.4) is 0 Å². The van der Waals surface area contributed by atoms with Crippen LogP contribution in [0.5, 0.6) is 5.75 Å². The predicted octanol–water partition coefficient (Wildman–Crippen LogP) is 7.84. The van der Waals surface area contributed by atoms with Gasteiger partial charge in [-0.2, -0.15) is 18.3 Å². The number of H-pyrrole nitrogens is 1. The van der Waals surface area contributed by atoms with Crippen LogP contribution < -0.4 is 10.5 Å². The lowest BCUT2D eigenvalue weighted by Gasteiger charge is -2.08. The number of alkyl halides is 3. The van der Waals surface area contributed by atoms with Gasteiger partial charge in [-0.3, -0.25) is 14.9 Å². The summed E-state index contributed by atoms with van der Waals surface area (Å²) in [6.07, 6.45) is 3.20. The second-order valence-corrected chi connectivity index (χ2v) is 7.81. The van der Waals surface area contributed by atoms with E-state index in [0.29, 0.717) is 12.3 Å². The van der Waals surface area contributed by atoms with Crippen molar-refractivity contribution >= 4 is 27.8 Å². The molecule has 0 spiro atoms. The third-order valence-corrected chi connectivity index (χ3v) is 5.08. The smallest absolute Gasteiger partial charge is 0.386 e. The number of pyridine rings is 2. The van der Waals surface area contributed by atoms with Crippen LogP contribution >= 0.6 is 0 Å². The Bertz CT molecular complexity index is 1490. The van der Waals surface area contributed by atoms with Gasteiger partial charge in [0.1, 0.15) is 18.1 Å². The number of aromatic amines is 1. The topological polar surface area (TPSA) is 112 Å². The van der Waals surface area contributed by atoms with Gasteiger partial charge in [-0.05, 0) is 47.5 Å². The molecular weight excluding hydrogens is 533 g/mol. The molecule has 3 N–H and O–H groups in total. The molecule has 1 amide bonds. The highest BCUT2D eigenvalue weighted by molar-refractivity contribution is 6.06. The highest BCUT2D eigenvalue weighted by atomic mass is 19.4. The summed E-state index contributed by atoms with van der Waals surface area (Å²) in [5, 5.41) is 8.71. The van der Waals surface area contributed by atoms with Gasteiger partial charge in [0, 0.05) is 54.4 Å². The van der Waals surface area contributed by atoms with E-state index in [1.54, 1.807) is 24.7 Å². The SMILES string of the molecule is CC.CC.CC.CC(F)(F)F.Cn1cc(-c2cc(C(N)=O)nc3[nH]ncc23)c2cc(OCc3ccncc3)ccc21. The summed E-state index contributed by atoms with van der Waals surface area (Å²) in [6, 6.07) is 11.5. The Hall–Kier alpha value is -4.41. The van der Waals surface area contributed by atoms with E-state index in [1.807, 2.05) is 89.7 Å². The average Bonchev–Trinajstić information content (AvgIpc) is 3.58. The summed E-state index contributed by atoms with van der Waals surface area (Å²) in [7, 11) is 1.98. The van der Waals surface area contributed by atoms with Crippen LogP contribution in [0.15, 0.2) is 61.2 Å². The molecule has 0 saturated heterocycles. The largest absolute Gasteiger partial charge is 0.489 e. The van der Waals surface area contributed by atoms with E-state index in [1.165, 1.54) is 0 Å². The lowest BCUT2D eigenvalue weighted by Crippen LogP contribution is -2.13. The van der Waals surface area contributed by atoms with Gasteiger partial charge in [-0.1, -0.05) is 41.5 Å². The number of amides is 1. The highest BCUT2D eigenvalue weighted by Gasteiger charge is 2.17. The number of fused-ring (bicyclic) bond motifs is 2. The number of aromatic nitrogens is 5. The van der Waals surface area contributed by atoms with Gasteiger partial charge >= 0.3 is 6.18 Å². The predicted molar refractivity (Wildman–Crippen MR) is 159 cm³/mol. The monoisotopic (exact) mass is 572 g/mol. The third-order valence-electron chi connectivity index (χ3n) is 5.08. The minimum atomic E-state index is -4.00. The fourth-order valence-corrected chi connectivity index (χ4v) is 3.60. The molecule has 0 aliphatic heterocycles. The number of nitrogens with two attached hydrogens (primary N) is 1. The average molecular weight is 573 g/mol. The number of ether oxygens (including phenoxy) is 1. The Balaban J connectivity index is 0.000000672. The van der Waals surface area contributed by atoms with Gasteiger partial charge in [0.05, 0.1) is 6.20 Å². The Kier molecular flexibility index (Phi) is 14.0. The molecule has 5 aromatic rings. The fraction of sp³-hybridized carbons (Fsp3) is 0.333. The number of halogens is 3. The molecule has 0 unspecified atom stereocenters. The first-order chi connectivity index (χ1) is 19.6. The number of benzene rings is 1. The second kappa shape index (κ2) is 16.6. The molecule has 222 valence electrons. The van der Waals surface area contributed by atoms with E-state index < -0.39 is 12.1 Å². The number of nitrogens with zero attached hydrogens (tertiary/aromatic N) is 4. The number of hydrogen-bond donors (Lipinski definition) is 2. The lowest BCUT2D eigenvalue weighted by molar-refractivity contribution is -0.110. The zero-order chi connectivity index (χ0) is 31.2. The van der Waals surface area contributed by atoms with Crippen LogP contribution in [0.25, 0.3) is 33.1 Å². The lowest BCUT2D eigenvalue weighted by atomic mass is 10.0. The fourth-order valence-electron chi connectivity index (χ4n) is 3.60. The van der Waals surface area contributed by atoms with Gasteiger partial charge in [-0.25, -0.2) is 4.98 Å². The Morgan fingerprint density at radius 2 is 1.59 bits per heavy atom. The number of carbonyl (C=O) groups is 1. The molecule has 4 heterocycles. The molecule has 4 aromatic heterocycles. The molecule has 11 heteroatoms. The number of nitrogens with one attached hydrogen (secondary N) is 1. The highest BCUT2D eigenvalue weighted by Crippen LogP contribution is 2.36. The van der Waals surface area contributed by atoms with Crippen molar-refractivity contribution in [3.63, 3.8) is 0 Å². The second-order valence-electron chi connectivity index (χ2n) is 7.81. The minimum Gasteiger partial charge on any atom is -0.489 e. The number of primary amides is 1. The van der Waals surface area contributed by atoms with Crippen molar-refractivity contribution < 1.29 is 22.7 Å². The molecule has 41 heavy (non-hydrogen) atoms. The molecule has 1 aromatic carbocycles. The maximum atomic E-state index is 11.8. The summed E-state index contributed by atoms with van der Waals surface area (Å²) >= 11 is 0. The first-order valence-corrected chi connectivity index (χ1v) is 13.4. The summed E-state index contributed by atoms with van der Waals surface area (Å²) in [4.78, 5) is 20.1. The number of carbonyl (C=O) groups excluding carboxylic acids is 1. The first kappa shape index (κ1) is 34.6. The van der Waals surface area contributed by atoms with E-state index >= 15 is 0 Å². The van der Waals surface area contributed by atoms with E-state index in [2.05, 4.69) is 20.2 Å². The Morgan fingerprint density at radius 1 is 0.976 bits per heavy atom. The molecule has 0 atom stereocenters. The normalized spacial score (nSPS) is 10.1. The van der Waals surface area contributed by atoms with Gasteiger partial charge in [0.25, 0.3) is 5.91 Å². The zero-order valence-corrected chi connectivity index (χ0v) is 24.8. The summed E-state index contributed by atoms with van der Waals surface area (Å²) in [5.74, 6) is 0.161. The van der Waals surface area contributed by atoms with Crippen molar-refractivity contribution in [2.24, 2.45) is 12.8 Å². The van der Waals surface area contributed by atoms with Crippen molar-refractivity contribution in [1.29, 1.82) is 0 Å². The van der Waals surface area contributed by atoms with Crippen LogP contribution in [0, 0.1) is 0 Å². The summed E-state index contributed by atoms with van der Waals surface area (Å²) in [6.45, 7) is 12.6. The van der Waals surface area contributed by atoms with Crippen LogP contribution in [-0.2, 0) is 13.7 Å². The van der Waals surface area contributed by atoms with Crippen LogP contribution in [0.2, 0.25) is 0 Å². The molecule has 5 rings (SSSR count). The molecule has 8 nitrogen and oxygen atoms in total. The van der Waals surface area contributed by atoms with E-state index in [9.17, 15) is 18.0 Å². The van der Waals surface area contributed by atoms with Crippen LogP contribution in [-0.4, -0.2) is 36.8 Å². The van der Waals surface area contributed by atoms with Crippen LogP contribution in [0.1, 0.15) is 64.5 Å². The van der Waals surface area contributed by atoms with Crippen molar-refractivity contribution in [2.75, 3.05) is 0 Å². The summed E-state index contributed by atoms with van der Waals surface area (Å²) < 4.78 is 39.1. The third kappa shape index (κ3) is 9.93. The summed E-state index contributed by atoms with van der Waals surface area (Å²) in [5.41, 5.74) is 10.0. The van der Waals surface area contributed by atoms with Gasteiger partial charge < -0.3 is 15.0 Å². The molecule has 0 bridgehead atoms. The molecule has 0 saturated carbocycles. The Labute approximate surface area is 238 Å². The number of hydrogen-bond acceptors (Lipinski definition) is 5. The standard InChI is InChI=1S/C22H18N6O2.C2H3F3.3C2H6/c1-28-11-18(15-9-19(21(23)29)26-22-17(15)10-25-27-22)16-8-14(2-3-20(16)28)30-12-13-4-6-24-7-5-13;1-2(3,4)5;3*1-2/h2-11H,12H2,1H3,(H2,23,29)(H,25,26,27);1H3;3*1-2H3. The minimum absolute atomic E-state index is 0.184. The number of aryl methyl sites for hydroxylation is 1. The quantitative estimate of drug-likeness (QED) is 0.223. The maximum absolute atomic E-state index is 11.8. The van der Waals surface area contributed by atoms with Gasteiger partial charge in [0.2, 0.25) is 0 Å². The molecule has 0 fully saturated rings. The van der Waals surface area contributed by atoms with Crippen LogP contribution in [0.4, 0.5) is 13.2 Å². The number of rotatable bonds is 5.